The van der Waals surface area contributed by atoms with Crippen LogP contribution in [0.5, 0.6) is 11.5 Å². The first-order valence-corrected chi connectivity index (χ1v) is 6.48. The van der Waals surface area contributed by atoms with Crippen LogP contribution in [0.2, 0.25) is 0 Å². The third kappa shape index (κ3) is 4.22. The first kappa shape index (κ1) is 14.8. The lowest BCUT2D eigenvalue weighted by Gasteiger charge is -2.15. The van der Waals surface area contributed by atoms with Crippen molar-refractivity contribution in [3.8, 4) is 11.5 Å². The molecule has 100 valence electrons. The van der Waals surface area contributed by atoms with E-state index in [9.17, 15) is 0 Å². The maximum Gasteiger partial charge on any atom is 0.175 e. The molecule has 18 heavy (non-hydrogen) atoms. The summed E-state index contributed by atoms with van der Waals surface area (Å²) in [4.78, 5) is 0. The summed E-state index contributed by atoms with van der Waals surface area (Å²) >= 11 is 3.49. The van der Waals surface area contributed by atoms with Crippen LogP contribution in [0.1, 0.15) is 19.4 Å². The fourth-order valence-corrected chi connectivity index (χ4v) is 1.90. The van der Waals surface area contributed by atoms with Gasteiger partial charge in [-0.1, -0.05) is 0 Å². The van der Waals surface area contributed by atoms with Crippen molar-refractivity contribution in [3.05, 3.63) is 22.2 Å². The molecule has 4 nitrogen and oxygen atoms in total. The number of nitrogens with zero attached hydrogens (tertiary/aromatic N) is 2. The number of hydrazone groups is 1. The van der Waals surface area contributed by atoms with Crippen molar-refractivity contribution >= 4 is 22.1 Å². The Balaban J connectivity index is 3.10. The predicted octanol–water partition coefficient (Wildman–Crippen LogP) is 3.14. The standard InChI is InChI=1S/C13H19BrN2O2/c1-9(2)18-13-11(14)6-10(7-12(13)17-5)8-15-16(3)4/h6-9H,1-5H3/b15-8+. The fourth-order valence-electron chi connectivity index (χ4n) is 1.35. The van der Waals surface area contributed by atoms with E-state index in [1.54, 1.807) is 18.3 Å². The van der Waals surface area contributed by atoms with Crippen LogP contribution in [0.25, 0.3) is 0 Å². The number of methoxy groups -OCH3 is 1. The van der Waals surface area contributed by atoms with E-state index in [4.69, 9.17) is 9.47 Å². The van der Waals surface area contributed by atoms with Crippen LogP contribution in [-0.4, -0.2) is 38.5 Å². The molecular formula is C13H19BrN2O2. The van der Waals surface area contributed by atoms with Crippen molar-refractivity contribution in [1.82, 2.24) is 5.01 Å². The molecule has 0 atom stereocenters. The van der Waals surface area contributed by atoms with E-state index in [1.807, 2.05) is 40.1 Å². The number of hydrogen-bond acceptors (Lipinski definition) is 4. The highest BCUT2D eigenvalue weighted by Crippen LogP contribution is 2.36. The molecule has 0 spiro atoms. The molecule has 0 N–H and O–H groups in total. The molecule has 0 unspecified atom stereocenters. The lowest BCUT2D eigenvalue weighted by molar-refractivity contribution is 0.228. The van der Waals surface area contributed by atoms with Crippen LogP contribution >= 0.6 is 15.9 Å². The Kier molecular flexibility index (Phi) is 5.47. The van der Waals surface area contributed by atoms with Gasteiger partial charge in [-0.2, -0.15) is 5.10 Å². The predicted molar refractivity (Wildman–Crippen MR) is 77.7 cm³/mol. The van der Waals surface area contributed by atoms with Crippen LogP contribution < -0.4 is 9.47 Å². The zero-order valence-electron chi connectivity index (χ0n) is 11.4. The van der Waals surface area contributed by atoms with E-state index in [0.29, 0.717) is 5.75 Å². The maximum atomic E-state index is 5.72. The second-order valence-electron chi connectivity index (χ2n) is 4.29. The molecule has 0 radical (unpaired) electrons. The smallest absolute Gasteiger partial charge is 0.175 e. The molecular weight excluding hydrogens is 296 g/mol. The Hall–Kier alpha value is -1.23. The van der Waals surface area contributed by atoms with Crippen LogP contribution in [0.4, 0.5) is 0 Å². The van der Waals surface area contributed by atoms with E-state index < -0.39 is 0 Å². The van der Waals surface area contributed by atoms with Gasteiger partial charge >= 0.3 is 0 Å². The Morgan fingerprint density at radius 2 is 2.00 bits per heavy atom. The fraction of sp³-hybridized carbons (Fsp3) is 0.462. The van der Waals surface area contributed by atoms with Gasteiger partial charge in [0, 0.05) is 14.1 Å². The minimum absolute atomic E-state index is 0.0940. The van der Waals surface area contributed by atoms with Crippen molar-refractivity contribution in [3.63, 3.8) is 0 Å². The molecule has 0 saturated carbocycles. The van der Waals surface area contributed by atoms with Crippen LogP contribution in [0.3, 0.4) is 0 Å². The minimum atomic E-state index is 0.0940. The highest BCUT2D eigenvalue weighted by Gasteiger charge is 2.12. The van der Waals surface area contributed by atoms with E-state index in [1.165, 1.54) is 0 Å². The topological polar surface area (TPSA) is 34.1 Å². The average Bonchev–Trinajstić information content (AvgIpc) is 2.28. The van der Waals surface area contributed by atoms with Gasteiger partial charge in [0.25, 0.3) is 0 Å². The van der Waals surface area contributed by atoms with Crippen molar-refractivity contribution in [2.45, 2.75) is 20.0 Å². The second kappa shape index (κ2) is 6.64. The van der Waals surface area contributed by atoms with Gasteiger partial charge in [-0.3, -0.25) is 0 Å². The normalized spacial score (nSPS) is 11.1. The molecule has 5 heteroatoms. The monoisotopic (exact) mass is 314 g/mol. The van der Waals surface area contributed by atoms with Crippen molar-refractivity contribution in [2.24, 2.45) is 5.10 Å². The van der Waals surface area contributed by atoms with Gasteiger partial charge in [-0.25, -0.2) is 0 Å². The first-order valence-electron chi connectivity index (χ1n) is 5.69. The number of rotatable bonds is 5. The number of hydrogen-bond donors (Lipinski definition) is 0. The summed E-state index contributed by atoms with van der Waals surface area (Å²) in [5.41, 5.74) is 0.948. The van der Waals surface area contributed by atoms with Crippen LogP contribution in [0, 0.1) is 0 Å². The van der Waals surface area contributed by atoms with Gasteiger partial charge in [-0.05, 0) is 47.5 Å². The zero-order valence-corrected chi connectivity index (χ0v) is 13.0. The SMILES string of the molecule is COc1cc(/C=N/N(C)C)cc(Br)c1OC(C)C. The molecule has 1 aromatic carbocycles. The first-order chi connectivity index (χ1) is 8.43. The summed E-state index contributed by atoms with van der Waals surface area (Å²) < 4.78 is 11.9. The molecule has 0 bridgehead atoms. The van der Waals surface area contributed by atoms with Gasteiger partial charge in [0.2, 0.25) is 0 Å². The largest absolute Gasteiger partial charge is 0.493 e. The minimum Gasteiger partial charge on any atom is -0.493 e. The molecule has 0 heterocycles. The highest BCUT2D eigenvalue weighted by atomic mass is 79.9. The third-order valence-electron chi connectivity index (χ3n) is 2.04. The van der Waals surface area contributed by atoms with Gasteiger partial charge in [0.1, 0.15) is 0 Å². The number of halogens is 1. The summed E-state index contributed by atoms with van der Waals surface area (Å²) in [6.45, 7) is 3.96. The molecule has 1 rings (SSSR count). The second-order valence-corrected chi connectivity index (χ2v) is 5.15. The van der Waals surface area contributed by atoms with Gasteiger partial charge in [0.15, 0.2) is 11.5 Å². The van der Waals surface area contributed by atoms with Crippen LogP contribution in [0.15, 0.2) is 21.7 Å². The summed E-state index contributed by atoms with van der Waals surface area (Å²) in [5, 5.41) is 5.93. The van der Waals surface area contributed by atoms with E-state index in [2.05, 4.69) is 21.0 Å². The summed E-state index contributed by atoms with van der Waals surface area (Å²) in [7, 11) is 5.37. The number of benzene rings is 1. The van der Waals surface area contributed by atoms with Crippen molar-refractivity contribution in [2.75, 3.05) is 21.2 Å². The Labute approximate surface area is 117 Å². The molecule has 0 saturated heterocycles. The molecule has 0 aliphatic carbocycles. The Morgan fingerprint density at radius 1 is 1.33 bits per heavy atom. The number of ether oxygens (including phenoxy) is 2. The summed E-state index contributed by atoms with van der Waals surface area (Å²) in [5.74, 6) is 1.41. The summed E-state index contributed by atoms with van der Waals surface area (Å²) in [6.07, 6.45) is 1.86. The summed E-state index contributed by atoms with van der Waals surface area (Å²) in [6, 6.07) is 3.85. The third-order valence-corrected chi connectivity index (χ3v) is 2.63. The lowest BCUT2D eigenvalue weighted by Crippen LogP contribution is -2.08. The zero-order chi connectivity index (χ0) is 13.7. The van der Waals surface area contributed by atoms with E-state index in [-0.39, 0.29) is 6.10 Å². The highest BCUT2D eigenvalue weighted by molar-refractivity contribution is 9.10. The quantitative estimate of drug-likeness (QED) is 0.618. The molecule has 1 aromatic rings. The molecule has 0 aromatic heterocycles. The molecule has 0 fully saturated rings. The lowest BCUT2D eigenvalue weighted by atomic mass is 10.2. The molecule has 0 amide bonds. The van der Waals surface area contributed by atoms with Gasteiger partial charge < -0.3 is 14.5 Å². The van der Waals surface area contributed by atoms with E-state index in [0.717, 1.165) is 15.8 Å². The van der Waals surface area contributed by atoms with E-state index >= 15 is 0 Å². The van der Waals surface area contributed by atoms with Crippen molar-refractivity contribution in [1.29, 1.82) is 0 Å². The van der Waals surface area contributed by atoms with Crippen molar-refractivity contribution < 1.29 is 9.47 Å². The Morgan fingerprint density at radius 3 is 2.50 bits per heavy atom. The van der Waals surface area contributed by atoms with Gasteiger partial charge in [-0.15, -0.1) is 0 Å². The molecule has 0 aliphatic rings. The van der Waals surface area contributed by atoms with Crippen LogP contribution in [-0.2, 0) is 0 Å². The van der Waals surface area contributed by atoms with Gasteiger partial charge in [0.05, 0.1) is 23.9 Å². The average molecular weight is 315 g/mol. The maximum absolute atomic E-state index is 5.72. The molecule has 0 aliphatic heterocycles. The Bertz CT molecular complexity index is 431.